The highest BCUT2D eigenvalue weighted by Gasteiger charge is 2.39. The number of benzene rings is 4. The third-order valence-corrected chi connectivity index (χ3v) is 8.18. The zero-order valence-corrected chi connectivity index (χ0v) is 22.0. The fourth-order valence-corrected chi connectivity index (χ4v) is 6.20. The van der Waals surface area contributed by atoms with E-state index in [9.17, 15) is 4.79 Å². The Hall–Kier alpha value is -4.25. The fourth-order valence-electron chi connectivity index (χ4n) is 6.20. The first-order valence-electron chi connectivity index (χ1n) is 13.9. The molecule has 0 amide bonds. The van der Waals surface area contributed by atoms with E-state index in [1.165, 1.54) is 16.3 Å². The summed E-state index contributed by atoms with van der Waals surface area (Å²) in [6, 6.07) is 26.8. The van der Waals surface area contributed by atoms with Gasteiger partial charge >= 0.3 is 0 Å². The van der Waals surface area contributed by atoms with Crippen LogP contribution in [0.15, 0.2) is 84.4 Å². The minimum Gasteiger partial charge on any atom is -0.494 e. The van der Waals surface area contributed by atoms with Crippen LogP contribution in [0.3, 0.4) is 0 Å². The third-order valence-electron chi connectivity index (χ3n) is 8.18. The van der Waals surface area contributed by atoms with Gasteiger partial charge in [-0.2, -0.15) is 0 Å². The lowest BCUT2D eigenvalue weighted by Gasteiger charge is -2.37. The number of ketones is 1. The third kappa shape index (κ3) is 4.22. The molecule has 1 N–H and O–H groups in total. The molecule has 0 spiro atoms. The van der Waals surface area contributed by atoms with E-state index in [-0.39, 0.29) is 24.5 Å². The van der Waals surface area contributed by atoms with Gasteiger partial charge in [0.05, 0.1) is 12.6 Å². The largest absolute Gasteiger partial charge is 0.494 e. The lowest BCUT2D eigenvalue weighted by molar-refractivity contribution is -0.116. The maximum atomic E-state index is 14.0. The van der Waals surface area contributed by atoms with E-state index in [0.29, 0.717) is 6.42 Å². The van der Waals surface area contributed by atoms with Crippen LogP contribution in [0.4, 0.5) is 5.69 Å². The Kier molecular flexibility index (Phi) is 5.99. The monoisotopic (exact) mass is 517 g/mol. The second kappa shape index (κ2) is 9.81. The molecule has 1 aliphatic carbocycles. The maximum Gasteiger partial charge on any atom is 0.231 e. The Morgan fingerprint density at radius 1 is 0.897 bits per heavy atom. The Morgan fingerprint density at radius 2 is 1.72 bits per heavy atom. The fraction of sp³-hybridized carbons (Fsp3) is 0.265. The summed E-state index contributed by atoms with van der Waals surface area (Å²) in [4.78, 5) is 14.0. The van der Waals surface area contributed by atoms with Crippen molar-refractivity contribution in [1.82, 2.24) is 0 Å². The number of allylic oxidation sites excluding steroid dienone is 1. The second-order valence-corrected chi connectivity index (χ2v) is 10.6. The van der Waals surface area contributed by atoms with Crippen LogP contribution < -0.4 is 19.5 Å². The van der Waals surface area contributed by atoms with Gasteiger partial charge in [-0.3, -0.25) is 4.79 Å². The number of carbonyl (C=O) groups is 1. The molecule has 0 bridgehead atoms. The van der Waals surface area contributed by atoms with E-state index in [1.807, 2.05) is 30.3 Å². The van der Waals surface area contributed by atoms with Gasteiger partial charge in [-0.1, -0.05) is 61.9 Å². The number of nitrogens with one attached hydrogen (secondary N) is 1. The number of ether oxygens (including phenoxy) is 3. The Morgan fingerprint density at radius 3 is 2.59 bits per heavy atom. The Balaban J connectivity index is 1.31. The summed E-state index contributed by atoms with van der Waals surface area (Å²) in [6.45, 7) is 3.11. The second-order valence-electron chi connectivity index (χ2n) is 10.6. The van der Waals surface area contributed by atoms with Gasteiger partial charge in [-0.05, 0) is 76.6 Å². The van der Waals surface area contributed by atoms with Crippen LogP contribution in [0.5, 0.6) is 17.2 Å². The van der Waals surface area contributed by atoms with Gasteiger partial charge in [0, 0.05) is 23.2 Å². The molecular formula is C34H31NO4. The molecule has 2 aliphatic heterocycles. The first-order valence-corrected chi connectivity index (χ1v) is 13.9. The van der Waals surface area contributed by atoms with Gasteiger partial charge in [0.1, 0.15) is 5.75 Å². The van der Waals surface area contributed by atoms with Gasteiger partial charge < -0.3 is 19.5 Å². The molecule has 4 aromatic rings. The van der Waals surface area contributed by atoms with Gasteiger partial charge in [-0.25, -0.2) is 0 Å². The maximum absolute atomic E-state index is 14.0. The average Bonchev–Trinajstić information content (AvgIpc) is 3.45. The molecule has 196 valence electrons. The lowest BCUT2D eigenvalue weighted by atomic mass is 9.71. The van der Waals surface area contributed by atoms with Gasteiger partial charge in [-0.15, -0.1) is 0 Å². The van der Waals surface area contributed by atoms with Crippen molar-refractivity contribution in [2.45, 2.75) is 44.6 Å². The van der Waals surface area contributed by atoms with Crippen LogP contribution in [-0.4, -0.2) is 19.2 Å². The first-order chi connectivity index (χ1) is 19.2. The molecular weight excluding hydrogens is 486 g/mol. The van der Waals surface area contributed by atoms with E-state index >= 15 is 0 Å². The zero-order valence-electron chi connectivity index (χ0n) is 22.0. The molecule has 4 aromatic carbocycles. The summed E-state index contributed by atoms with van der Waals surface area (Å²) in [7, 11) is 0. The number of Topliss-reactive ketones (excluding diaryl/α,β-unsaturated/α-hetero) is 1. The van der Waals surface area contributed by atoms with E-state index < -0.39 is 0 Å². The summed E-state index contributed by atoms with van der Waals surface area (Å²) in [5.74, 6) is 2.66. The van der Waals surface area contributed by atoms with E-state index in [0.717, 1.165) is 71.1 Å². The topological polar surface area (TPSA) is 56.8 Å². The molecule has 0 saturated heterocycles. The number of fused-ring (bicyclic) bond motifs is 5. The molecule has 0 radical (unpaired) electrons. The smallest absolute Gasteiger partial charge is 0.231 e. The van der Waals surface area contributed by atoms with Crippen molar-refractivity contribution < 1.29 is 19.0 Å². The number of anilines is 1. The molecule has 39 heavy (non-hydrogen) atoms. The standard InChI is InChI=1S/C34H31NO4/c1-2-3-16-37-25-12-8-21(9-13-25)24-17-27-32-26-7-5-4-6-22(26)10-14-28(32)35-34(33(27)29(36)18-24)23-11-15-30-31(19-23)39-20-38-30/h4-15,19,24,34-35H,2-3,16-18,20H2,1H3/t24-,34-/m1/s1. The molecule has 0 unspecified atom stereocenters. The number of carbonyl (C=O) groups excluding carboxylic acids is 1. The molecule has 5 heteroatoms. The van der Waals surface area contributed by atoms with Gasteiger partial charge in [0.2, 0.25) is 6.79 Å². The van der Waals surface area contributed by atoms with Crippen molar-refractivity contribution >= 4 is 27.8 Å². The summed E-state index contributed by atoms with van der Waals surface area (Å²) >= 11 is 0. The molecule has 3 aliphatic rings. The van der Waals surface area contributed by atoms with Crippen LogP contribution in [0.25, 0.3) is 16.3 Å². The summed E-state index contributed by atoms with van der Waals surface area (Å²) < 4.78 is 17.1. The number of unbranched alkanes of at least 4 members (excludes halogenated alkanes) is 1. The van der Waals surface area contributed by atoms with Crippen LogP contribution in [0.1, 0.15) is 61.3 Å². The zero-order chi connectivity index (χ0) is 26.3. The molecule has 2 atom stereocenters. The molecule has 5 nitrogen and oxygen atoms in total. The predicted octanol–water partition coefficient (Wildman–Crippen LogP) is 7.81. The SMILES string of the molecule is CCCCOc1ccc([C@H]2CC(=O)C3=C(C2)c2c(ccc4ccccc24)N[C@@H]3c2ccc3c(c2)OCO3)cc1. The highest BCUT2D eigenvalue weighted by atomic mass is 16.7. The van der Waals surface area contributed by atoms with E-state index in [4.69, 9.17) is 14.2 Å². The number of hydrogen-bond acceptors (Lipinski definition) is 5. The summed E-state index contributed by atoms with van der Waals surface area (Å²) in [5, 5.41) is 6.07. The predicted molar refractivity (Wildman–Crippen MR) is 154 cm³/mol. The highest BCUT2D eigenvalue weighted by molar-refractivity contribution is 6.13. The van der Waals surface area contributed by atoms with Crippen molar-refractivity contribution in [3.8, 4) is 17.2 Å². The normalized spacial score (nSPS) is 19.5. The minimum absolute atomic E-state index is 0.114. The van der Waals surface area contributed by atoms with Crippen LogP contribution >= 0.6 is 0 Å². The number of rotatable bonds is 6. The van der Waals surface area contributed by atoms with Gasteiger partial charge in [0.15, 0.2) is 17.3 Å². The van der Waals surface area contributed by atoms with Crippen molar-refractivity contribution in [2.24, 2.45) is 0 Å². The van der Waals surface area contributed by atoms with Gasteiger partial charge in [0.25, 0.3) is 0 Å². The number of hydrogen-bond donors (Lipinski definition) is 1. The molecule has 0 fully saturated rings. The quantitative estimate of drug-likeness (QED) is 0.264. The van der Waals surface area contributed by atoms with Crippen molar-refractivity contribution in [1.29, 1.82) is 0 Å². The molecule has 0 aromatic heterocycles. The highest BCUT2D eigenvalue weighted by Crippen LogP contribution is 2.51. The Bertz CT molecular complexity index is 1600. The molecule has 7 rings (SSSR count). The summed E-state index contributed by atoms with van der Waals surface area (Å²) in [6.07, 6.45) is 3.44. The molecule has 0 saturated carbocycles. The molecule has 2 heterocycles. The van der Waals surface area contributed by atoms with E-state index in [2.05, 4.69) is 60.8 Å². The average molecular weight is 518 g/mol. The van der Waals surface area contributed by atoms with Crippen molar-refractivity contribution in [3.63, 3.8) is 0 Å². The first kappa shape index (κ1) is 23.8. The minimum atomic E-state index is -0.244. The van der Waals surface area contributed by atoms with Crippen LogP contribution in [0, 0.1) is 0 Å². The van der Waals surface area contributed by atoms with Crippen LogP contribution in [0.2, 0.25) is 0 Å². The Labute approximate surface area is 228 Å². The van der Waals surface area contributed by atoms with Crippen LogP contribution in [-0.2, 0) is 4.79 Å². The lowest BCUT2D eigenvalue weighted by Crippen LogP contribution is -2.29. The van der Waals surface area contributed by atoms with E-state index in [1.54, 1.807) is 0 Å². The summed E-state index contributed by atoms with van der Waals surface area (Å²) in [5.41, 5.74) is 6.41. The van der Waals surface area contributed by atoms with Crippen molar-refractivity contribution in [2.75, 3.05) is 18.7 Å². The van der Waals surface area contributed by atoms with Crippen molar-refractivity contribution in [3.05, 3.63) is 101 Å².